The van der Waals surface area contributed by atoms with E-state index in [0.717, 1.165) is 15.9 Å². The Labute approximate surface area is 178 Å². The van der Waals surface area contributed by atoms with Crippen molar-refractivity contribution in [1.82, 2.24) is 0 Å². The van der Waals surface area contributed by atoms with E-state index in [-0.39, 0.29) is 21.7 Å². The van der Waals surface area contributed by atoms with Crippen LogP contribution in [0.15, 0.2) is 41.0 Å². The molecular formula is C22H34NOSiTi. The smallest absolute Gasteiger partial charge is 0.664 e. The number of amides is 1. The number of hydrogen-bond donors (Lipinski definition) is 0. The van der Waals surface area contributed by atoms with Crippen molar-refractivity contribution in [3.05, 3.63) is 63.9 Å². The third-order valence-electron chi connectivity index (χ3n) is 4.27. The van der Waals surface area contributed by atoms with Gasteiger partial charge in [-0.1, -0.05) is 77.4 Å². The Hall–Kier alpha value is -0.899. The van der Waals surface area contributed by atoms with Gasteiger partial charge in [0.1, 0.15) is 0 Å². The summed E-state index contributed by atoms with van der Waals surface area (Å²) in [6.45, 7) is 15.2. The summed E-state index contributed by atoms with van der Waals surface area (Å²) in [5.74, 6) is -0.0490. The molecule has 1 N–H and O–H groups in total. The molecule has 2 nitrogen and oxygen atoms in total. The topological polar surface area (TPSA) is 40.9 Å². The van der Waals surface area contributed by atoms with Gasteiger partial charge in [0.2, 0.25) is 0 Å². The average Bonchev–Trinajstić information content (AvgIpc) is 2.80. The van der Waals surface area contributed by atoms with Crippen LogP contribution in [0.3, 0.4) is 0 Å². The van der Waals surface area contributed by atoms with Gasteiger partial charge in [0, 0.05) is 9.52 Å². The summed E-state index contributed by atoms with van der Waals surface area (Å²) in [5, 5.41) is 0. The number of rotatable bonds is 4. The predicted molar refractivity (Wildman–Crippen MR) is 113 cm³/mol. The van der Waals surface area contributed by atoms with Gasteiger partial charge >= 0.3 is 21.7 Å². The van der Waals surface area contributed by atoms with Crippen LogP contribution in [0.25, 0.3) is 5.73 Å². The van der Waals surface area contributed by atoms with Crippen molar-refractivity contribution in [2.24, 2.45) is 5.92 Å². The minimum Gasteiger partial charge on any atom is -0.664 e. The first-order valence-electron chi connectivity index (χ1n) is 9.15. The van der Waals surface area contributed by atoms with Crippen molar-refractivity contribution < 1.29 is 26.5 Å². The first-order chi connectivity index (χ1) is 11.8. The number of carbonyl (C=O) groups is 1. The Kier molecular flexibility index (Phi) is 16.0. The molecule has 1 amide bonds. The predicted octanol–water partition coefficient (Wildman–Crippen LogP) is 6.46. The van der Waals surface area contributed by atoms with Crippen LogP contribution in [-0.4, -0.2) is 15.4 Å². The molecule has 1 atom stereocenters. The minimum atomic E-state index is -0.609. The third kappa shape index (κ3) is 10.3. The molecule has 1 radical (unpaired) electrons. The van der Waals surface area contributed by atoms with Crippen LogP contribution >= 0.6 is 0 Å². The molecule has 0 saturated heterocycles. The van der Waals surface area contributed by atoms with Gasteiger partial charge < -0.3 is 10.5 Å². The van der Waals surface area contributed by atoms with E-state index in [0.29, 0.717) is 11.5 Å². The van der Waals surface area contributed by atoms with Crippen molar-refractivity contribution in [3.8, 4) is 0 Å². The fraction of sp³-hybridized carbons (Fsp3) is 0.500. The van der Waals surface area contributed by atoms with Gasteiger partial charge in [0.25, 0.3) is 0 Å². The standard InChI is InChI=1S/C11H15NO.C9H13.C2H7Si.Ti/c1-2-3-4-9-5-7-10(8-6-9)11(12)13;1-6-5-7(2)9(4)8(6)3;1-3-2;/h5-8H,2-4H2,1H3,(H2,12,13);6H,1-4H3;3H,1-2H3;/q;-1;;+2/p-1. The first kappa shape index (κ1) is 27.3. The zero-order valence-electron chi connectivity index (χ0n) is 17.5. The van der Waals surface area contributed by atoms with E-state index in [4.69, 9.17) is 5.73 Å². The second-order valence-electron chi connectivity index (χ2n) is 6.51. The molecule has 26 heavy (non-hydrogen) atoms. The maximum absolute atomic E-state index is 10.6. The van der Waals surface area contributed by atoms with Gasteiger partial charge in [-0.2, -0.15) is 11.1 Å². The number of carbonyl (C=O) groups excluding carboxylic acids is 1. The third-order valence-corrected chi connectivity index (χ3v) is 4.27. The van der Waals surface area contributed by atoms with Crippen LogP contribution in [0, 0.1) is 12.0 Å². The minimum absolute atomic E-state index is 0. The molecule has 1 aliphatic rings. The van der Waals surface area contributed by atoms with Crippen LogP contribution in [0.2, 0.25) is 13.1 Å². The van der Waals surface area contributed by atoms with Crippen LogP contribution in [0.5, 0.6) is 0 Å². The Bertz CT molecular complexity index is 591. The molecule has 0 heterocycles. The van der Waals surface area contributed by atoms with Gasteiger partial charge in [-0.15, -0.1) is 6.92 Å². The largest absolute Gasteiger partial charge is 2.00 e. The number of benzene rings is 1. The number of allylic oxidation sites excluding steroid dienone is 4. The fourth-order valence-electron chi connectivity index (χ4n) is 2.37. The summed E-state index contributed by atoms with van der Waals surface area (Å²) >= 11 is 0. The maximum atomic E-state index is 10.6. The van der Waals surface area contributed by atoms with Crippen molar-refractivity contribution in [3.63, 3.8) is 0 Å². The van der Waals surface area contributed by atoms with Crippen molar-refractivity contribution in [2.75, 3.05) is 0 Å². The number of nitrogens with one attached hydrogen (secondary N) is 1. The van der Waals surface area contributed by atoms with Gasteiger partial charge in [-0.25, -0.2) is 5.57 Å². The SMILES string of the molecule is CC1=[C-]C(C)C(C)=C1C.CCCCc1ccc(C([NH-])=O)cc1.C[SiH]C.[Ti+2]. The van der Waals surface area contributed by atoms with Crippen LogP contribution in [0.4, 0.5) is 0 Å². The number of unbranched alkanes of at least 4 members (excludes halogenated alkanes) is 1. The molecule has 0 saturated carbocycles. The molecule has 4 heteroatoms. The zero-order valence-corrected chi connectivity index (χ0v) is 20.2. The van der Waals surface area contributed by atoms with Crippen molar-refractivity contribution >= 4 is 15.4 Å². The van der Waals surface area contributed by atoms with E-state index < -0.39 is 5.91 Å². The normalized spacial score (nSPS) is 15.0. The van der Waals surface area contributed by atoms with Crippen LogP contribution in [0.1, 0.15) is 63.4 Å². The molecule has 0 aliphatic heterocycles. The maximum Gasteiger partial charge on any atom is 2.00 e. The van der Waals surface area contributed by atoms with E-state index in [1.54, 1.807) is 12.1 Å². The van der Waals surface area contributed by atoms with E-state index in [1.807, 2.05) is 12.1 Å². The Balaban J connectivity index is 0. The molecule has 2 rings (SSSR count). The molecule has 1 aromatic carbocycles. The van der Waals surface area contributed by atoms with Crippen molar-refractivity contribution in [2.45, 2.75) is 67.0 Å². The van der Waals surface area contributed by atoms with E-state index in [9.17, 15) is 4.79 Å². The zero-order chi connectivity index (χ0) is 19.4. The molecule has 141 valence electrons. The number of aryl methyl sites for hydroxylation is 1. The first-order valence-corrected chi connectivity index (χ1v) is 11.5. The molecular weight excluding hydrogens is 370 g/mol. The molecule has 1 unspecified atom stereocenters. The molecule has 1 aromatic rings. The second-order valence-corrected chi connectivity index (χ2v) is 7.66. The van der Waals surface area contributed by atoms with Gasteiger partial charge in [0.15, 0.2) is 0 Å². The average molecular weight is 404 g/mol. The Morgan fingerprint density at radius 3 is 1.92 bits per heavy atom. The Morgan fingerprint density at radius 2 is 1.65 bits per heavy atom. The molecule has 0 bridgehead atoms. The molecule has 0 aromatic heterocycles. The van der Waals surface area contributed by atoms with Crippen LogP contribution in [-0.2, 0) is 28.1 Å². The Morgan fingerprint density at radius 1 is 1.15 bits per heavy atom. The van der Waals surface area contributed by atoms with E-state index in [2.05, 4.69) is 53.8 Å². The van der Waals surface area contributed by atoms with Gasteiger partial charge in [-0.3, -0.25) is 6.08 Å². The summed E-state index contributed by atoms with van der Waals surface area (Å²) in [7, 11) is 0.750. The van der Waals surface area contributed by atoms with Crippen LogP contribution < -0.4 is 0 Å². The quantitative estimate of drug-likeness (QED) is 0.419. The van der Waals surface area contributed by atoms with Gasteiger partial charge in [0.05, 0.1) is 5.91 Å². The monoisotopic (exact) mass is 404 g/mol. The summed E-state index contributed by atoms with van der Waals surface area (Å²) in [4.78, 5) is 10.6. The molecule has 1 aliphatic carbocycles. The van der Waals surface area contributed by atoms with E-state index >= 15 is 0 Å². The van der Waals surface area contributed by atoms with Gasteiger partial charge in [-0.05, 0) is 24.0 Å². The fourth-order valence-corrected chi connectivity index (χ4v) is 2.37. The van der Waals surface area contributed by atoms with Crippen molar-refractivity contribution in [1.29, 1.82) is 0 Å². The summed E-state index contributed by atoms with van der Waals surface area (Å²) in [5.41, 5.74) is 12.8. The number of hydrogen-bond acceptors (Lipinski definition) is 1. The summed E-state index contributed by atoms with van der Waals surface area (Å²) < 4.78 is 0. The van der Waals surface area contributed by atoms with E-state index in [1.165, 1.54) is 35.1 Å². The molecule has 0 spiro atoms. The molecule has 0 fully saturated rings. The second kappa shape index (κ2) is 15.2. The summed E-state index contributed by atoms with van der Waals surface area (Å²) in [6.07, 6.45) is 6.77. The summed E-state index contributed by atoms with van der Waals surface area (Å²) in [6, 6.07) is 7.30.